The van der Waals surface area contributed by atoms with E-state index >= 15 is 0 Å². The number of likely N-dealkylation sites (tertiary alicyclic amines) is 1. The van der Waals surface area contributed by atoms with Gasteiger partial charge in [-0.2, -0.15) is 0 Å². The second kappa shape index (κ2) is 43.5. The van der Waals surface area contributed by atoms with Gasteiger partial charge in [-0.3, -0.25) is 77.0 Å². The van der Waals surface area contributed by atoms with Crippen LogP contribution in [0.15, 0.2) is 45.9 Å². The number of aliphatic hydroxyl groups is 2. The van der Waals surface area contributed by atoms with Crippen molar-refractivity contribution < 1.29 is 97.5 Å². The Morgan fingerprint density at radius 1 is 0.683 bits per heavy atom. The third-order valence-corrected chi connectivity index (χ3v) is 18.3. The average Bonchev–Trinajstić information content (AvgIpc) is 1.53. The highest BCUT2D eigenvalue weighted by Gasteiger charge is 2.40. The van der Waals surface area contributed by atoms with Crippen molar-refractivity contribution in [3.05, 3.63) is 57.6 Å². The quantitative estimate of drug-likeness (QED) is 0.0129. The number of benzene rings is 2. The minimum Gasteiger partial charge on any atom is -0.508 e. The van der Waals surface area contributed by atoms with Crippen LogP contribution in [0.3, 0.4) is 0 Å². The van der Waals surface area contributed by atoms with Gasteiger partial charge in [-0.15, -0.1) is 11.8 Å². The van der Waals surface area contributed by atoms with Crippen LogP contribution < -0.4 is 81.4 Å². The number of primary amides is 1. The van der Waals surface area contributed by atoms with E-state index in [0.29, 0.717) is 29.5 Å². The van der Waals surface area contributed by atoms with Gasteiger partial charge in [0.15, 0.2) is 5.96 Å². The first-order chi connectivity index (χ1) is 49.1. The van der Waals surface area contributed by atoms with E-state index in [-0.39, 0.29) is 92.9 Å². The van der Waals surface area contributed by atoms with Gasteiger partial charge >= 0.3 is 11.9 Å². The van der Waals surface area contributed by atoms with Gasteiger partial charge in [0.1, 0.15) is 54.1 Å². The topological polar surface area (TPSA) is 609 Å². The fraction of sp³-hybridized carbons (Fsp3) is 0.569. The molecular formula is C65H96BrN17O20S. The number of halogens is 1. The second-order valence-corrected chi connectivity index (χ2v) is 27.6. The van der Waals surface area contributed by atoms with Crippen LogP contribution in [0.2, 0.25) is 0 Å². The number of anilines is 1. The van der Waals surface area contributed by atoms with Crippen LogP contribution in [0.5, 0.6) is 5.75 Å². The fourth-order valence-corrected chi connectivity index (χ4v) is 12.8. The fourth-order valence-electron chi connectivity index (χ4n) is 10.9. The number of carboxylic acids is 2. The molecular weight excluding hydrogens is 1450 g/mol. The molecule has 1 heterocycles. The van der Waals surface area contributed by atoms with Gasteiger partial charge in [-0.25, -0.2) is 4.79 Å². The summed E-state index contributed by atoms with van der Waals surface area (Å²) in [6, 6.07) is -4.24. The lowest BCUT2D eigenvalue weighted by Gasteiger charge is -2.28. The average molecular weight is 1550 g/mol. The molecule has 0 aromatic heterocycles. The molecule has 2 aliphatic rings. The van der Waals surface area contributed by atoms with Crippen LogP contribution in [-0.4, -0.2) is 229 Å². The molecule has 1 saturated heterocycles. The minimum absolute atomic E-state index is 0.0164. The second-order valence-electron chi connectivity index (χ2n) is 25.5. The Labute approximate surface area is 611 Å². The predicted molar refractivity (Wildman–Crippen MR) is 379 cm³/mol. The number of guanidine groups is 1. The van der Waals surface area contributed by atoms with Gasteiger partial charge in [-0.1, -0.05) is 32.0 Å². The molecule has 2 aromatic carbocycles. The number of carboxylic acid groups (broad SMARTS) is 2. The smallest absolute Gasteiger partial charge is 0.327 e. The number of aliphatic imine (C=N–C) groups is 1. The van der Waals surface area contributed by atoms with Crippen molar-refractivity contribution >= 4 is 128 Å². The zero-order valence-corrected chi connectivity index (χ0v) is 60.5. The number of carbonyl (C=O) groups excluding carboxylic acids is 13. The van der Waals surface area contributed by atoms with Crippen LogP contribution in [0, 0.1) is 12.8 Å². The number of nitrogens with one attached hydrogen (secondary N) is 11. The highest BCUT2D eigenvalue weighted by molar-refractivity contribution is 9.10. The van der Waals surface area contributed by atoms with Crippen molar-refractivity contribution in [1.29, 1.82) is 0 Å². The first kappa shape index (κ1) is 86.8. The number of amides is 13. The number of nitrogens with zero attached hydrogens (tertiary/aromatic N) is 2. The molecule has 4 rings (SSSR count). The number of imide groups is 1. The number of hydrogen-bond acceptors (Lipinski definition) is 22. The number of phenolic OH excluding ortho intramolecular Hbond substituents is 1. The van der Waals surface area contributed by atoms with Crippen molar-refractivity contribution in [2.45, 2.75) is 190 Å². The number of thioether (sulfide) groups is 1. The van der Waals surface area contributed by atoms with E-state index in [1.54, 1.807) is 13.8 Å². The van der Waals surface area contributed by atoms with E-state index in [9.17, 15) is 97.5 Å². The van der Waals surface area contributed by atoms with Crippen molar-refractivity contribution in [3.63, 3.8) is 0 Å². The Bertz CT molecular complexity index is 3430. The number of hydrogen-bond donors (Lipinski definition) is 20. The van der Waals surface area contributed by atoms with Gasteiger partial charge in [0, 0.05) is 61.6 Å². The maximum absolute atomic E-state index is 14.4. The summed E-state index contributed by atoms with van der Waals surface area (Å²) < 4.78 is 0.667. The molecule has 574 valence electrons. The molecule has 0 bridgehead atoms. The molecule has 0 spiro atoms. The summed E-state index contributed by atoms with van der Waals surface area (Å²) in [6.07, 6.45) is -0.617. The van der Waals surface area contributed by atoms with Crippen molar-refractivity contribution in [1.82, 2.24) is 58.1 Å². The van der Waals surface area contributed by atoms with Gasteiger partial charge in [-0.05, 0) is 128 Å². The molecule has 9 atom stereocenters. The van der Waals surface area contributed by atoms with Gasteiger partial charge in [0.05, 0.1) is 43.2 Å². The molecule has 104 heavy (non-hydrogen) atoms. The molecule has 1 aliphatic heterocycles. The van der Waals surface area contributed by atoms with Crippen LogP contribution in [0.25, 0.3) is 0 Å². The Balaban J connectivity index is 1.44. The molecule has 2 fully saturated rings. The number of carbonyl (C=O) groups is 15. The SMILES string of the molecule is Cc1cc(Br)c(NC(=O)CCCN2C(=O)CC(SCC(NC(=O)CNC(=O)C(CC(C)C)NC(=O)C(CCCN=C(N)N)NC(=O)C(CCC(N)=O)NC(=O)C(Cc3ccc(O)cc3)NC(=O)C(CC(=O)O)NC(=O)C(CO)NC(=O)C(C)NC(=O)CN)C(=O)O)C2=O)c(CNC2CCC(O)CC2)c1. The summed E-state index contributed by atoms with van der Waals surface area (Å²) in [4.78, 5) is 204. The zero-order valence-electron chi connectivity index (χ0n) is 58.1. The number of rotatable bonds is 44. The van der Waals surface area contributed by atoms with Gasteiger partial charge < -0.3 is 107 Å². The summed E-state index contributed by atoms with van der Waals surface area (Å²) in [5.74, 6) is -16.6. The van der Waals surface area contributed by atoms with Crippen molar-refractivity contribution in [2.24, 2.45) is 33.8 Å². The predicted octanol–water partition coefficient (Wildman–Crippen LogP) is -4.43. The molecule has 0 radical (unpaired) electrons. The number of aliphatic hydroxyl groups excluding tert-OH is 2. The zero-order chi connectivity index (χ0) is 77.5. The third kappa shape index (κ3) is 30.4. The molecule has 24 N–H and O–H groups in total. The summed E-state index contributed by atoms with van der Waals surface area (Å²) in [5, 5.41) is 76.1. The number of aryl methyl sites for hydroxylation is 1. The van der Waals surface area contributed by atoms with Crippen LogP contribution in [0.1, 0.15) is 121 Å². The van der Waals surface area contributed by atoms with Gasteiger partial charge in [0.25, 0.3) is 0 Å². The molecule has 1 aliphatic carbocycles. The molecule has 1 saturated carbocycles. The third-order valence-electron chi connectivity index (χ3n) is 16.4. The highest BCUT2D eigenvalue weighted by atomic mass is 79.9. The summed E-state index contributed by atoms with van der Waals surface area (Å²) >= 11 is 4.36. The van der Waals surface area contributed by atoms with Crippen molar-refractivity contribution in [3.8, 4) is 5.75 Å². The van der Waals surface area contributed by atoms with E-state index in [4.69, 9.17) is 22.9 Å². The first-order valence-electron chi connectivity index (χ1n) is 33.6. The molecule has 39 heteroatoms. The van der Waals surface area contributed by atoms with E-state index in [0.717, 1.165) is 40.6 Å². The van der Waals surface area contributed by atoms with Gasteiger partial charge in [0.2, 0.25) is 76.8 Å². The molecule has 2 aromatic rings. The normalized spacial score (nSPS) is 17.2. The number of nitrogens with two attached hydrogens (primary N) is 4. The Hall–Kier alpha value is -9.57. The molecule has 13 amide bonds. The lowest BCUT2D eigenvalue weighted by Crippen LogP contribution is -2.61. The van der Waals surface area contributed by atoms with Crippen molar-refractivity contribution in [2.75, 3.05) is 43.9 Å². The Morgan fingerprint density at radius 2 is 1.27 bits per heavy atom. The summed E-state index contributed by atoms with van der Waals surface area (Å²) in [7, 11) is 0. The standard InChI is InChI=1S/C65H96BrN17O20S/c1-32(2)21-43(57(95)73-29-52(90)75-47(64(102)103)31-104-48-26-53(91)83(63(48)101)20-6-8-50(88)82-55-36(22-33(3)23-40(55)66)28-72-37-11-15-39(86)16-12-37)78-58(96)41(7-5-19-71-65(69)70)76-59(97)42(17-18-49(68)87)77-60(98)44(24-35-9-13-38(85)14-10-35)79-61(99)45(25-54(92)93)80-62(100)46(30-84)81-56(94)34(4)74-51(89)27-67/h9-10,13-14,22-23,32,34,37,39,41-48,72,84-86H,5-8,11-12,15-21,24-31,67H2,1-4H3,(H2,68,87)(H,73,95)(H,74,89)(H,75,90)(H,76,97)(H,77,98)(H,78,96)(H,79,99)(H,80,100)(H,81,94)(H,82,88)(H,92,93)(H,102,103)(H4,69,70,71). The number of aromatic hydroxyl groups is 1. The minimum atomic E-state index is -2.03. The lowest BCUT2D eigenvalue weighted by atomic mass is 9.93. The Kier molecular flexibility index (Phi) is 36.3. The monoisotopic (exact) mass is 1550 g/mol. The van der Waals surface area contributed by atoms with E-state index in [2.05, 4.69) is 79.4 Å². The van der Waals surface area contributed by atoms with E-state index < -0.39 is 188 Å². The largest absolute Gasteiger partial charge is 0.508 e. The maximum atomic E-state index is 14.4. The summed E-state index contributed by atoms with van der Waals surface area (Å²) in [6.45, 7) is 4.36. The number of phenols is 1. The van der Waals surface area contributed by atoms with Crippen LogP contribution >= 0.6 is 27.7 Å². The van der Waals surface area contributed by atoms with Crippen LogP contribution in [-0.2, 0) is 84.9 Å². The first-order valence-corrected chi connectivity index (χ1v) is 35.4. The molecule has 9 unspecified atom stereocenters. The van der Waals surface area contributed by atoms with E-state index in [1.807, 2.05) is 19.1 Å². The Morgan fingerprint density at radius 3 is 1.87 bits per heavy atom. The lowest BCUT2D eigenvalue weighted by molar-refractivity contribution is -0.142. The molecule has 37 nitrogen and oxygen atoms in total. The van der Waals surface area contributed by atoms with Crippen LogP contribution in [0.4, 0.5) is 5.69 Å². The summed E-state index contributed by atoms with van der Waals surface area (Å²) in [5.41, 5.74) is 24.4. The maximum Gasteiger partial charge on any atom is 0.327 e. The highest BCUT2D eigenvalue weighted by Crippen LogP contribution is 2.31. The number of aliphatic carboxylic acids is 2. The van der Waals surface area contributed by atoms with E-state index in [1.165, 1.54) is 31.2 Å².